The van der Waals surface area contributed by atoms with Crippen molar-refractivity contribution in [2.45, 2.75) is 66.3 Å². The second-order valence-corrected chi connectivity index (χ2v) is 6.83. The Balaban J connectivity index is 2.18. The molecule has 0 aromatic carbocycles. The third-order valence-electron chi connectivity index (χ3n) is 4.60. The summed E-state index contributed by atoms with van der Waals surface area (Å²) in [6, 6.07) is 4.76. The summed E-state index contributed by atoms with van der Waals surface area (Å²) in [6.07, 6.45) is 5.20. The molecule has 0 unspecified atom stereocenters. The van der Waals surface area contributed by atoms with E-state index < -0.39 is 0 Å². The van der Waals surface area contributed by atoms with Crippen LogP contribution in [0.3, 0.4) is 0 Å². The van der Waals surface area contributed by atoms with E-state index >= 15 is 0 Å². The van der Waals surface area contributed by atoms with Gasteiger partial charge in [0.05, 0.1) is 17.2 Å². The van der Waals surface area contributed by atoms with Crippen LogP contribution in [-0.2, 0) is 13.0 Å². The lowest BCUT2D eigenvalue weighted by molar-refractivity contribution is 0.144. The topological polar surface area (TPSA) is 41.6 Å². The summed E-state index contributed by atoms with van der Waals surface area (Å²) in [5.74, 6) is 0. The van der Waals surface area contributed by atoms with Gasteiger partial charge < -0.3 is 0 Å². The molecule has 0 amide bonds. The number of rotatable bonds is 3. The van der Waals surface area contributed by atoms with Gasteiger partial charge in [0.25, 0.3) is 0 Å². The van der Waals surface area contributed by atoms with Crippen LogP contribution in [0.2, 0.25) is 0 Å². The van der Waals surface area contributed by atoms with Crippen LogP contribution in [0.4, 0.5) is 0 Å². The van der Waals surface area contributed by atoms with Crippen molar-refractivity contribution in [1.82, 2.24) is 9.78 Å². The maximum atomic E-state index is 9.66. The second kappa shape index (κ2) is 5.00. The van der Waals surface area contributed by atoms with Gasteiger partial charge in [-0.1, -0.05) is 13.8 Å². The van der Waals surface area contributed by atoms with Crippen LogP contribution in [0, 0.1) is 29.1 Å². The number of aromatic nitrogens is 2. The molecule has 1 aromatic rings. The summed E-state index contributed by atoms with van der Waals surface area (Å²) in [6.45, 7) is 9.65. The second-order valence-electron chi connectivity index (χ2n) is 6.83. The highest BCUT2D eigenvalue weighted by molar-refractivity contribution is 5.16. The Hall–Kier alpha value is -1.30. The van der Waals surface area contributed by atoms with E-state index in [1.165, 1.54) is 5.69 Å². The molecular formula is C16H25N3. The summed E-state index contributed by atoms with van der Waals surface area (Å²) >= 11 is 0. The minimum absolute atomic E-state index is 0.172. The van der Waals surface area contributed by atoms with Crippen LogP contribution in [0.25, 0.3) is 0 Å². The van der Waals surface area contributed by atoms with Crippen molar-refractivity contribution in [3.05, 3.63) is 17.5 Å². The van der Waals surface area contributed by atoms with Gasteiger partial charge in [-0.15, -0.1) is 0 Å². The zero-order valence-electron chi connectivity index (χ0n) is 12.7. The zero-order valence-corrected chi connectivity index (χ0v) is 12.7. The Labute approximate surface area is 116 Å². The molecule has 1 aromatic heterocycles. The molecule has 0 bridgehead atoms. The average Bonchev–Trinajstić information content (AvgIpc) is 2.72. The predicted molar refractivity (Wildman–Crippen MR) is 76.6 cm³/mol. The first-order chi connectivity index (χ1) is 8.90. The van der Waals surface area contributed by atoms with Gasteiger partial charge in [0.2, 0.25) is 0 Å². The van der Waals surface area contributed by atoms with E-state index in [1.807, 2.05) is 11.6 Å². The highest BCUT2D eigenvalue weighted by atomic mass is 15.3. The molecule has 3 nitrogen and oxygen atoms in total. The highest BCUT2D eigenvalue weighted by Crippen LogP contribution is 2.46. The molecule has 3 heteroatoms. The van der Waals surface area contributed by atoms with Crippen LogP contribution < -0.4 is 0 Å². The number of hydrogen-bond acceptors (Lipinski definition) is 2. The van der Waals surface area contributed by atoms with E-state index in [2.05, 4.69) is 38.0 Å². The first kappa shape index (κ1) is 14.1. The van der Waals surface area contributed by atoms with E-state index in [0.29, 0.717) is 5.41 Å². The van der Waals surface area contributed by atoms with E-state index in [1.54, 1.807) is 0 Å². The third-order valence-corrected chi connectivity index (χ3v) is 4.60. The van der Waals surface area contributed by atoms with E-state index in [-0.39, 0.29) is 5.41 Å². The van der Waals surface area contributed by atoms with Crippen molar-refractivity contribution in [1.29, 1.82) is 5.26 Å². The number of nitriles is 1. The molecule has 1 aliphatic carbocycles. The van der Waals surface area contributed by atoms with E-state index in [0.717, 1.165) is 44.3 Å². The molecule has 0 spiro atoms. The molecule has 2 rings (SSSR count). The van der Waals surface area contributed by atoms with Crippen molar-refractivity contribution in [2.75, 3.05) is 0 Å². The van der Waals surface area contributed by atoms with Gasteiger partial charge in [-0.3, -0.25) is 4.68 Å². The molecule has 0 saturated heterocycles. The lowest BCUT2D eigenvalue weighted by atomic mass is 9.64. The monoisotopic (exact) mass is 259 g/mol. The fraction of sp³-hybridized carbons (Fsp3) is 0.750. The van der Waals surface area contributed by atoms with Crippen LogP contribution in [-0.4, -0.2) is 9.78 Å². The minimum atomic E-state index is -0.172. The smallest absolute Gasteiger partial charge is 0.0693 e. The Morgan fingerprint density at radius 2 is 1.95 bits per heavy atom. The number of aryl methyl sites for hydroxylation is 2. The van der Waals surface area contributed by atoms with Crippen molar-refractivity contribution >= 4 is 0 Å². The quantitative estimate of drug-likeness (QED) is 0.827. The lowest BCUT2D eigenvalue weighted by Crippen LogP contribution is -2.32. The van der Waals surface area contributed by atoms with Gasteiger partial charge in [0.1, 0.15) is 0 Å². The van der Waals surface area contributed by atoms with Crippen molar-refractivity contribution in [3.8, 4) is 6.07 Å². The average molecular weight is 259 g/mol. The summed E-state index contributed by atoms with van der Waals surface area (Å²) in [5, 5.41) is 14.2. The molecule has 1 fully saturated rings. The Morgan fingerprint density at radius 3 is 2.47 bits per heavy atom. The van der Waals surface area contributed by atoms with E-state index in [4.69, 9.17) is 0 Å². The molecule has 0 atom stereocenters. The molecule has 0 N–H and O–H groups in total. The first-order valence-electron chi connectivity index (χ1n) is 7.34. The molecule has 1 saturated carbocycles. The summed E-state index contributed by atoms with van der Waals surface area (Å²) in [5.41, 5.74) is 2.51. The van der Waals surface area contributed by atoms with Gasteiger partial charge in [-0.05, 0) is 51.0 Å². The van der Waals surface area contributed by atoms with Crippen LogP contribution >= 0.6 is 0 Å². The van der Waals surface area contributed by atoms with Gasteiger partial charge in [0, 0.05) is 18.7 Å². The third kappa shape index (κ3) is 3.00. The number of hydrogen-bond donors (Lipinski definition) is 0. The summed E-state index contributed by atoms with van der Waals surface area (Å²) < 4.78 is 2.05. The zero-order chi connectivity index (χ0) is 14.1. The van der Waals surface area contributed by atoms with Crippen LogP contribution in [0.15, 0.2) is 6.07 Å². The molecular weight excluding hydrogens is 234 g/mol. The normalized spacial score (nSPS) is 21.0. The largest absolute Gasteiger partial charge is 0.270 e. The lowest BCUT2D eigenvalue weighted by Gasteiger charge is -2.39. The predicted octanol–water partition coefficient (Wildman–Crippen LogP) is 3.86. The van der Waals surface area contributed by atoms with Crippen molar-refractivity contribution < 1.29 is 0 Å². The maximum absolute atomic E-state index is 9.66. The molecule has 0 aliphatic heterocycles. The first-order valence-corrected chi connectivity index (χ1v) is 7.34. The standard InChI is InChI=1S/C16H25N3/c1-5-19-14(10-13(2)18-19)11-16(12-17)8-6-15(3,4)7-9-16/h10H,5-9,11H2,1-4H3. The van der Waals surface area contributed by atoms with Crippen LogP contribution in [0.5, 0.6) is 0 Å². The summed E-state index contributed by atoms with van der Waals surface area (Å²) in [4.78, 5) is 0. The molecule has 1 aliphatic rings. The van der Waals surface area contributed by atoms with Gasteiger partial charge >= 0.3 is 0 Å². The number of nitrogens with zero attached hydrogens (tertiary/aromatic N) is 3. The SMILES string of the molecule is CCn1nc(C)cc1CC1(C#N)CCC(C)(C)CC1. The minimum Gasteiger partial charge on any atom is -0.270 e. The van der Waals surface area contributed by atoms with Gasteiger partial charge in [-0.25, -0.2) is 0 Å². The molecule has 104 valence electrons. The van der Waals surface area contributed by atoms with Gasteiger partial charge in [-0.2, -0.15) is 10.4 Å². The van der Waals surface area contributed by atoms with E-state index in [9.17, 15) is 5.26 Å². The van der Waals surface area contributed by atoms with Crippen molar-refractivity contribution in [3.63, 3.8) is 0 Å². The fourth-order valence-electron chi connectivity index (χ4n) is 3.10. The Morgan fingerprint density at radius 1 is 1.32 bits per heavy atom. The Kier molecular flexibility index (Phi) is 3.71. The Bertz CT molecular complexity index is 481. The maximum Gasteiger partial charge on any atom is 0.0693 e. The molecule has 1 heterocycles. The molecule has 19 heavy (non-hydrogen) atoms. The highest BCUT2D eigenvalue weighted by Gasteiger charge is 2.39. The van der Waals surface area contributed by atoms with Crippen molar-refractivity contribution in [2.24, 2.45) is 10.8 Å². The molecule has 0 radical (unpaired) electrons. The van der Waals surface area contributed by atoms with Crippen LogP contribution in [0.1, 0.15) is 57.8 Å². The fourth-order valence-corrected chi connectivity index (χ4v) is 3.10. The van der Waals surface area contributed by atoms with Gasteiger partial charge in [0.15, 0.2) is 0 Å². The summed E-state index contributed by atoms with van der Waals surface area (Å²) in [7, 11) is 0.